The van der Waals surface area contributed by atoms with Crippen molar-refractivity contribution in [2.45, 2.75) is 6.92 Å². The highest BCUT2D eigenvalue weighted by atomic mass is 35.5. The summed E-state index contributed by atoms with van der Waals surface area (Å²) in [6, 6.07) is 25.8. The number of pyridine rings is 1. The van der Waals surface area contributed by atoms with Crippen LogP contribution in [0.1, 0.15) is 12.5 Å². The molecule has 5 aromatic rings. The fraction of sp³-hybridized carbons (Fsp3) is 0.0667. The van der Waals surface area contributed by atoms with Crippen LogP contribution < -0.4 is 10.1 Å². The number of furan rings is 1. The third-order valence-corrected chi connectivity index (χ3v) is 6.17. The van der Waals surface area contributed by atoms with E-state index in [1.165, 1.54) is 17.8 Å². The fourth-order valence-corrected chi connectivity index (χ4v) is 4.23. The Morgan fingerprint density at radius 1 is 0.972 bits per heavy atom. The highest BCUT2D eigenvalue weighted by molar-refractivity contribution is 6.30. The average molecular weight is 495 g/mol. The summed E-state index contributed by atoms with van der Waals surface area (Å²) in [7, 11) is 1.60. The number of ether oxygens (including phenoxy) is 1. The number of hydrogen-bond donors (Lipinski definition) is 1. The second-order valence-corrected chi connectivity index (χ2v) is 8.76. The molecule has 6 heteroatoms. The van der Waals surface area contributed by atoms with Crippen LogP contribution >= 0.6 is 11.6 Å². The van der Waals surface area contributed by atoms with E-state index < -0.39 is 0 Å². The number of halogens is 1. The maximum Gasteiger partial charge on any atom is 0.249 e. The summed E-state index contributed by atoms with van der Waals surface area (Å²) in [6.07, 6.45) is 4.76. The lowest BCUT2D eigenvalue weighted by atomic mass is 9.97. The van der Waals surface area contributed by atoms with Gasteiger partial charge in [0, 0.05) is 34.9 Å². The smallest absolute Gasteiger partial charge is 0.249 e. The van der Waals surface area contributed by atoms with Crippen LogP contribution in [0, 0.1) is 0 Å². The molecule has 0 aliphatic carbocycles. The van der Waals surface area contributed by atoms with Crippen LogP contribution in [0.25, 0.3) is 38.8 Å². The predicted octanol–water partition coefficient (Wildman–Crippen LogP) is 7.87. The highest BCUT2D eigenvalue weighted by Crippen LogP contribution is 2.38. The van der Waals surface area contributed by atoms with Crippen LogP contribution in [0.4, 0.5) is 5.82 Å². The molecule has 5 rings (SSSR count). The van der Waals surface area contributed by atoms with Gasteiger partial charge in [0.2, 0.25) is 5.91 Å². The number of benzene rings is 3. The van der Waals surface area contributed by atoms with Crippen LogP contribution in [0.2, 0.25) is 5.02 Å². The number of hydrogen-bond acceptors (Lipinski definition) is 4. The van der Waals surface area contributed by atoms with Gasteiger partial charge in [-0.1, -0.05) is 66.2 Å². The Hall–Kier alpha value is -4.35. The molecule has 5 nitrogen and oxygen atoms in total. The van der Waals surface area contributed by atoms with Crippen LogP contribution in [0.5, 0.6) is 5.75 Å². The maximum absolute atomic E-state index is 12.6. The summed E-state index contributed by atoms with van der Waals surface area (Å²) in [5.74, 6) is 0.745. The van der Waals surface area contributed by atoms with Crippen LogP contribution in [0.15, 0.2) is 102 Å². The standard InChI is InChI=1S/C30H23ClN2O3/c1-19(14-30(34)33-29-13-12-23(31)17-32-29)24-15-25-26(18-36-28(25)16-27(24)35-2)22-10-8-21(9-11-22)20-6-4-3-5-7-20/h3-18H,1-2H3,(H,32,33,34)/b19-14+. The van der Waals surface area contributed by atoms with E-state index in [4.69, 9.17) is 20.8 Å². The molecule has 0 spiro atoms. The molecule has 0 aliphatic rings. The summed E-state index contributed by atoms with van der Waals surface area (Å²) in [5.41, 5.74) is 6.57. The number of aromatic nitrogens is 1. The third-order valence-electron chi connectivity index (χ3n) is 5.95. The molecule has 1 amide bonds. The summed E-state index contributed by atoms with van der Waals surface area (Å²) >= 11 is 5.87. The SMILES string of the molecule is COc1cc2occ(-c3ccc(-c4ccccc4)cc3)c2cc1/C(C)=C/C(=O)Nc1ccc(Cl)cn1. The van der Waals surface area contributed by atoms with Crippen LogP contribution in [-0.4, -0.2) is 18.0 Å². The topological polar surface area (TPSA) is 64.4 Å². The van der Waals surface area contributed by atoms with E-state index in [-0.39, 0.29) is 5.91 Å². The molecule has 0 unspecified atom stereocenters. The molecule has 0 bridgehead atoms. The number of carbonyl (C=O) groups excluding carboxylic acids is 1. The molecular formula is C30H23ClN2O3. The van der Waals surface area contributed by atoms with E-state index in [0.29, 0.717) is 22.2 Å². The van der Waals surface area contributed by atoms with Gasteiger partial charge in [-0.15, -0.1) is 0 Å². The van der Waals surface area contributed by atoms with Crippen molar-refractivity contribution in [1.29, 1.82) is 0 Å². The highest BCUT2D eigenvalue weighted by Gasteiger charge is 2.15. The van der Waals surface area contributed by atoms with Crippen LogP contribution in [-0.2, 0) is 4.79 Å². The zero-order chi connectivity index (χ0) is 25.1. The largest absolute Gasteiger partial charge is 0.496 e. The molecule has 0 radical (unpaired) electrons. The molecule has 0 atom stereocenters. The number of allylic oxidation sites excluding steroid dienone is 1. The van der Waals surface area contributed by atoms with E-state index in [0.717, 1.165) is 33.2 Å². The average Bonchev–Trinajstić information content (AvgIpc) is 3.32. The first-order valence-electron chi connectivity index (χ1n) is 11.4. The molecule has 3 aromatic carbocycles. The van der Waals surface area contributed by atoms with Gasteiger partial charge in [-0.2, -0.15) is 0 Å². The van der Waals surface area contributed by atoms with E-state index in [9.17, 15) is 4.79 Å². The van der Waals surface area contributed by atoms with E-state index in [2.05, 4.69) is 46.7 Å². The minimum Gasteiger partial charge on any atom is -0.496 e. The van der Waals surface area contributed by atoms with Gasteiger partial charge in [0.15, 0.2) is 0 Å². The lowest BCUT2D eigenvalue weighted by Gasteiger charge is -2.10. The van der Waals surface area contributed by atoms with Gasteiger partial charge >= 0.3 is 0 Å². The number of nitrogens with zero attached hydrogens (tertiary/aromatic N) is 1. The van der Waals surface area contributed by atoms with Gasteiger partial charge in [-0.3, -0.25) is 4.79 Å². The Balaban J connectivity index is 1.47. The lowest BCUT2D eigenvalue weighted by molar-refractivity contribution is -0.111. The predicted molar refractivity (Wildman–Crippen MR) is 145 cm³/mol. The Morgan fingerprint density at radius 3 is 2.39 bits per heavy atom. The first kappa shape index (κ1) is 23.4. The van der Waals surface area contributed by atoms with E-state index in [1.807, 2.05) is 37.3 Å². The van der Waals surface area contributed by atoms with Crippen molar-refractivity contribution in [3.63, 3.8) is 0 Å². The van der Waals surface area contributed by atoms with E-state index >= 15 is 0 Å². The Kier molecular flexibility index (Phi) is 6.56. The molecule has 0 aliphatic heterocycles. The van der Waals surface area contributed by atoms with Gasteiger partial charge in [0.25, 0.3) is 0 Å². The van der Waals surface area contributed by atoms with E-state index in [1.54, 1.807) is 25.5 Å². The van der Waals surface area contributed by atoms with Crippen molar-refractivity contribution in [1.82, 2.24) is 4.98 Å². The molecule has 0 saturated carbocycles. The monoisotopic (exact) mass is 494 g/mol. The van der Waals surface area contributed by atoms with Crippen molar-refractivity contribution in [2.75, 3.05) is 12.4 Å². The van der Waals surface area contributed by atoms with Crippen molar-refractivity contribution >= 4 is 39.9 Å². The number of carbonyl (C=O) groups is 1. The first-order chi connectivity index (χ1) is 17.5. The Bertz CT molecular complexity index is 1550. The van der Waals surface area contributed by atoms with Gasteiger partial charge in [-0.25, -0.2) is 4.98 Å². The molecule has 1 N–H and O–H groups in total. The summed E-state index contributed by atoms with van der Waals surface area (Å²) < 4.78 is 11.5. The van der Waals surface area contributed by atoms with Crippen molar-refractivity contribution in [3.8, 4) is 28.0 Å². The number of nitrogens with one attached hydrogen (secondary N) is 1. The first-order valence-corrected chi connectivity index (χ1v) is 11.8. The van der Waals surface area contributed by atoms with Crippen molar-refractivity contribution < 1.29 is 13.9 Å². The molecule has 0 fully saturated rings. The lowest BCUT2D eigenvalue weighted by Crippen LogP contribution is -2.09. The number of amides is 1. The molecule has 0 saturated heterocycles. The van der Waals surface area contributed by atoms with Crippen LogP contribution in [0.3, 0.4) is 0 Å². The number of methoxy groups -OCH3 is 1. The second-order valence-electron chi connectivity index (χ2n) is 8.32. The number of anilines is 1. The quantitative estimate of drug-likeness (QED) is 0.244. The summed E-state index contributed by atoms with van der Waals surface area (Å²) in [5, 5.41) is 4.19. The van der Waals surface area contributed by atoms with Gasteiger partial charge in [0.05, 0.1) is 18.4 Å². The normalized spacial score (nSPS) is 11.5. The van der Waals surface area contributed by atoms with Gasteiger partial charge in [-0.05, 0) is 47.4 Å². The molecule has 36 heavy (non-hydrogen) atoms. The molecule has 2 heterocycles. The second kappa shape index (κ2) is 10.1. The zero-order valence-corrected chi connectivity index (χ0v) is 20.5. The van der Waals surface area contributed by atoms with Crippen molar-refractivity contribution in [2.24, 2.45) is 0 Å². The third kappa shape index (κ3) is 4.88. The fourth-order valence-electron chi connectivity index (χ4n) is 4.11. The minimum absolute atomic E-state index is 0.298. The Morgan fingerprint density at radius 2 is 1.69 bits per heavy atom. The van der Waals surface area contributed by atoms with Gasteiger partial charge in [0.1, 0.15) is 17.2 Å². The number of fused-ring (bicyclic) bond motifs is 1. The summed E-state index contributed by atoms with van der Waals surface area (Å²) in [6.45, 7) is 1.87. The Labute approximate surface area is 214 Å². The maximum atomic E-state index is 12.6. The number of rotatable bonds is 6. The minimum atomic E-state index is -0.298. The summed E-state index contributed by atoms with van der Waals surface area (Å²) in [4.78, 5) is 16.7. The molecular weight excluding hydrogens is 472 g/mol. The van der Waals surface area contributed by atoms with Gasteiger partial charge < -0.3 is 14.5 Å². The van der Waals surface area contributed by atoms with Crippen molar-refractivity contribution in [3.05, 3.63) is 108 Å². The molecule has 178 valence electrons. The molecule has 2 aromatic heterocycles. The zero-order valence-electron chi connectivity index (χ0n) is 19.8.